The second kappa shape index (κ2) is 7.61. The number of phenolic OH excluding ortho intramolecular Hbond substituents is 1. The SMILES string of the molecule is C[C@H]1c2cccc(O)c2C(O)=C2C(=O)[C@]3(O)C(O)=C(C(N)=O)C(=O)[C@@H](N(C)C)[C@@H]3C[C@@H]21.Cl. The van der Waals surface area contributed by atoms with Gasteiger partial charge in [0.2, 0.25) is 5.78 Å². The topological polar surface area (TPSA) is 161 Å². The molecule has 32 heavy (non-hydrogen) atoms. The number of likely N-dealkylation sites (N-methyl/N-ethyl adjacent to an activating group) is 1. The number of phenols is 1. The van der Waals surface area contributed by atoms with Crippen LogP contribution >= 0.6 is 12.4 Å². The fourth-order valence-corrected chi connectivity index (χ4v) is 5.50. The van der Waals surface area contributed by atoms with Crippen molar-refractivity contribution in [1.82, 2.24) is 4.90 Å². The van der Waals surface area contributed by atoms with Gasteiger partial charge in [0, 0.05) is 11.5 Å². The highest BCUT2D eigenvalue weighted by Crippen LogP contribution is 2.55. The molecule has 0 unspecified atom stereocenters. The minimum atomic E-state index is -2.62. The quantitative estimate of drug-likeness (QED) is 0.404. The first-order valence-electron chi connectivity index (χ1n) is 9.91. The van der Waals surface area contributed by atoms with Crippen LogP contribution in [-0.4, -0.2) is 68.5 Å². The monoisotopic (exact) mass is 464 g/mol. The predicted molar refractivity (Wildman–Crippen MR) is 116 cm³/mol. The van der Waals surface area contributed by atoms with E-state index in [1.54, 1.807) is 26.2 Å². The maximum atomic E-state index is 13.6. The van der Waals surface area contributed by atoms with Gasteiger partial charge in [-0.2, -0.15) is 0 Å². The lowest BCUT2D eigenvalue weighted by Gasteiger charge is -2.51. The van der Waals surface area contributed by atoms with Crippen LogP contribution in [0.3, 0.4) is 0 Å². The summed E-state index contributed by atoms with van der Waals surface area (Å²) in [4.78, 5) is 40.0. The maximum Gasteiger partial charge on any atom is 0.255 e. The summed E-state index contributed by atoms with van der Waals surface area (Å²) in [6, 6.07) is 3.64. The third-order valence-corrected chi connectivity index (χ3v) is 6.96. The van der Waals surface area contributed by atoms with Crippen molar-refractivity contribution in [2.45, 2.75) is 30.9 Å². The summed E-state index contributed by atoms with van der Waals surface area (Å²) in [6.07, 6.45) is 0.0720. The largest absolute Gasteiger partial charge is 0.508 e. The second-order valence-electron chi connectivity index (χ2n) is 8.70. The van der Waals surface area contributed by atoms with E-state index in [0.717, 1.165) is 0 Å². The summed E-state index contributed by atoms with van der Waals surface area (Å²) in [7, 11) is 3.13. The van der Waals surface area contributed by atoms with Crippen molar-refractivity contribution in [3.63, 3.8) is 0 Å². The number of Topliss-reactive ketones (excluding diaryl/α,β-unsaturated/α-hetero) is 2. The first kappa shape index (κ1) is 23.8. The number of hydrogen-bond donors (Lipinski definition) is 5. The molecule has 3 aliphatic carbocycles. The number of fused-ring (bicyclic) bond motifs is 3. The van der Waals surface area contributed by atoms with E-state index >= 15 is 0 Å². The molecular weight excluding hydrogens is 440 g/mol. The molecule has 0 aliphatic heterocycles. The van der Waals surface area contributed by atoms with Crippen molar-refractivity contribution in [2.24, 2.45) is 17.6 Å². The van der Waals surface area contributed by atoms with Crippen molar-refractivity contribution in [1.29, 1.82) is 0 Å². The Labute approximate surface area is 190 Å². The molecule has 0 spiro atoms. The van der Waals surface area contributed by atoms with Gasteiger partial charge in [0.15, 0.2) is 11.4 Å². The number of aliphatic hydroxyl groups is 3. The number of benzene rings is 1. The molecule has 4 rings (SSSR count). The van der Waals surface area contributed by atoms with Crippen molar-refractivity contribution in [2.75, 3.05) is 14.1 Å². The number of carbonyl (C=O) groups is 3. The lowest BCUT2D eigenvalue weighted by atomic mass is 9.55. The molecule has 1 amide bonds. The van der Waals surface area contributed by atoms with Crippen molar-refractivity contribution in [3.8, 4) is 5.75 Å². The molecule has 10 heteroatoms. The Balaban J connectivity index is 0.00000289. The number of ketones is 2. The van der Waals surface area contributed by atoms with Gasteiger partial charge in [-0.1, -0.05) is 19.1 Å². The fourth-order valence-electron chi connectivity index (χ4n) is 5.50. The number of hydrogen-bond acceptors (Lipinski definition) is 8. The van der Waals surface area contributed by atoms with Crippen LogP contribution in [-0.2, 0) is 14.4 Å². The van der Waals surface area contributed by atoms with Gasteiger partial charge in [0.05, 0.1) is 11.6 Å². The molecule has 172 valence electrons. The molecule has 9 nitrogen and oxygen atoms in total. The van der Waals surface area contributed by atoms with Gasteiger partial charge in [-0.3, -0.25) is 19.3 Å². The second-order valence-corrected chi connectivity index (χ2v) is 8.70. The lowest BCUT2D eigenvalue weighted by molar-refractivity contribution is -0.154. The van der Waals surface area contributed by atoms with Crippen LogP contribution in [0.4, 0.5) is 0 Å². The molecule has 1 saturated carbocycles. The number of nitrogens with zero attached hydrogens (tertiary/aromatic N) is 1. The molecular formula is C22H25ClN2O7. The van der Waals surface area contributed by atoms with Crippen molar-refractivity contribution in [3.05, 3.63) is 46.2 Å². The van der Waals surface area contributed by atoms with E-state index in [9.17, 15) is 34.8 Å². The predicted octanol–water partition coefficient (Wildman–Crippen LogP) is 0.947. The molecule has 0 radical (unpaired) electrons. The standard InChI is InChI=1S/C22H24N2O7.ClH/c1-8-9-5-4-6-12(25)13(9)17(26)14-10(8)7-11-16(24(2)3)18(27)15(21(23)30)20(29)22(11,31)19(14)28;/h4-6,8,10-11,16,25-26,29,31H,7H2,1-3H3,(H2,23,30);1H/t8-,10+,11-,16-,22-;/m0./s1. The molecule has 0 saturated heterocycles. The average Bonchev–Trinajstić information content (AvgIpc) is 2.68. The summed E-state index contributed by atoms with van der Waals surface area (Å²) < 4.78 is 0. The molecule has 3 aliphatic rings. The van der Waals surface area contributed by atoms with E-state index in [0.29, 0.717) is 5.56 Å². The first-order chi connectivity index (χ1) is 14.4. The summed E-state index contributed by atoms with van der Waals surface area (Å²) in [5.74, 6) is -6.82. The van der Waals surface area contributed by atoms with Crippen LogP contribution in [0.1, 0.15) is 30.4 Å². The van der Waals surface area contributed by atoms with Crippen molar-refractivity contribution >= 4 is 35.6 Å². The molecule has 1 fully saturated rings. The minimum absolute atomic E-state index is 0. The Morgan fingerprint density at radius 2 is 1.81 bits per heavy atom. The highest BCUT2D eigenvalue weighted by molar-refractivity contribution is 6.24. The van der Waals surface area contributed by atoms with Gasteiger partial charge >= 0.3 is 0 Å². The van der Waals surface area contributed by atoms with Crippen LogP contribution in [0, 0.1) is 11.8 Å². The number of carbonyl (C=O) groups excluding carboxylic acids is 3. The van der Waals surface area contributed by atoms with Gasteiger partial charge in [0.25, 0.3) is 5.91 Å². The summed E-state index contributed by atoms with van der Waals surface area (Å²) >= 11 is 0. The Morgan fingerprint density at radius 1 is 1.19 bits per heavy atom. The Kier molecular flexibility index (Phi) is 5.66. The minimum Gasteiger partial charge on any atom is -0.508 e. The van der Waals surface area contributed by atoms with Gasteiger partial charge in [0.1, 0.15) is 22.8 Å². The molecule has 1 aromatic carbocycles. The molecule has 0 heterocycles. The summed E-state index contributed by atoms with van der Waals surface area (Å²) in [5, 5.41) is 43.5. The first-order valence-corrected chi connectivity index (χ1v) is 9.91. The number of aliphatic hydroxyl groups excluding tert-OH is 2. The lowest BCUT2D eigenvalue weighted by Crippen LogP contribution is -2.65. The van der Waals surface area contributed by atoms with E-state index in [-0.39, 0.29) is 41.6 Å². The van der Waals surface area contributed by atoms with Crippen LogP contribution in [0.5, 0.6) is 5.75 Å². The number of primary amides is 1. The third kappa shape index (κ3) is 2.81. The Hall–Kier alpha value is -2.88. The highest BCUT2D eigenvalue weighted by atomic mass is 35.5. The Morgan fingerprint density at radius 3 is 2.38 bits per heavy atom. The molecule has 1 aromatic rings. The van der Waals surface area contributed by atoms with Crippen LogP contribution < -0.4 is 5.73 Å². The smallest absolute Gasteiger partial charge is 0.255 e. The Bertz CT molecular complexity index is 1110. The van der Waals surface area contributed by atoms with Crippen LogP contribution in [0.15, 0.2) is 35.1 Å². The van der Waals surface area contributed by atoms with Gasteiger partial charge in [-0.05, 0) is 44.0 Å². The zero-order chi connectivity index (χ0) is 23.0. The van der Waals surface area contributed by atoms with E-state index in [1.165, 1.54) is 11.0 Å². The molecule has 6 N–H and O–H groups in total. The molecule has 5 atom stereocenters. The van der Waals surface area contributed by atoms with Gasteiger partial charge in [-0.15, -0.1) is 12.4 Å². The fraction of sp³-hybridized carbons (Fsp3) is 0.409. The normalized spacial score (nSPS) is 31.7. The van der Waals surface area contributed by atoms with Crippen LogP contribution in [0.2, 0.25) is 0 Å². The van der Waals surface area contributed by atoms with E-state index < -0.39 is 58.0 Å². The maximum absolute atomic E-state index is 13.6. The summed E-state index contributed by atoms with van der Waals surface area (Å²) in [5.41, 5.74) is 2.42. The zero-order valence-corrected chi connectivity index (χ0v) is 18.5. The number of amides is 1. The van der Waals surface area contributed by atoms with E-state index in [1.807, 2.05) is 6.92 Å². The number of nitrogens with two attached hydrogens (primary N) is 1. The van der Waals surface area contributed by atoms with E-state index in [2.05, 4.69) is 0 Å². The number of aromatic hydroxyl groups is 1. The third-order valence-electron chi connectivity index (χ3n) is 6.96. The zero-order valence-electron chi connectivity index (χ0n) is 17.7. The van der Waals surface area contributed by atoms with Crippen LogP contribution in [0.25, 0.3) is 5.76 Å². The molecule has 0 bridgehead atoms. The van der Waals surface area contributed by atoms with E-state index in [4.69, 9.17) is 5.73 Å². The van der Waals surface area contributed by atoms with Crippen molar-refractivity contribution < 1.29 is 34.8 Å². The van der Waals surface area contributed by atoms with Gasteiger partial charge in [-0.25, -0.2) is 0 Å². The van der Waals surface area contributed by atoms with Gasteiger partial charge < -0.3 is 26.2 Å². The average molecular weight is 465 g/mol. The number of halogens is 1. The summed E-state index contributed by atoms with van der Waals surface area (Å²) in [6.45, 7) is 1.83. The molecule has 0 aromatic heterocycles. The highest BCUT2D eigenvalue weighted by Gasteiger charge is 2.64. The number of rotatable bonds is 2.